The van der Waals surface area contributed by atoms with Gasteiger partial charge in [0.15, 0.2) is 4.90 Å². The van der Waals surface area contributed by atoms with Gasteiger partial charge >= 0.3 is 5.69 Å². The van der Waals surface area contributed by atoms with Crippen LogP contribution in [0.1, 0.15) is 18.5 Å². The van der Waals surface area contributed by atoms with Crippen LogP contribution in [0.25, 0.3) is 0 Å². The maximum absolute atomic E-state index is 13.2. The third kappa shape index (κ3) is 4.35. The third-order valence-corrected chi connectivity index (χ3v) is 8.14. The van der Waals surface area contributed by atoms with Crippen LogP contribution in [0.3, 0.4) is 0 Å². The number of hydrogen-bond donors (Lipinski definition) is 2. The van der Waals surface area contributed by atoms with Gasteiger partial charge in [-0.05, 0) is 31.9 Å². The Morgan fingerprint density at radius 3 is 2.34 bits per heavy atom. The van der Waals surface area contributed by atoms with Crippen LogP contribution in [0.4, 0.5) is 5.69 Å². The zero-order chi connectivity index (χ0) is 22.9. The second-order valence-electron chi connectivity index (χ2n) is 8.21. The van der Waals surface area contributed by atoms with E-state index in [1.165, 1.54) is 11.2 Å². The summed E-state index contributed by atoms with van der Waals surface area (Å²) in [6.45, 7) is 4.23. The molecular weight excluding hydrogens is 434 g/mol. The number of benzene rings is 1. The summed E-state index contributed by atoms with van der Waals surface area (Å²) in [7, 11) is -4.14. The minimum atomic E-state index is -4.14. The van der Waals surface area contributed by atoms with E-state index in [4.69, 9.17) is 0 Å². The van der Waals surface area contributed by atoms with E-state index >= 15 is 0 Å². The lowest BCUT2D eigenvalue weighted by Crippen LogP contribution is -2.53. The lowest BCUT2D eigenvalue weighted by atomic mass is 9.97. The van der Waals surface area contributed by atoms with Crippen molar-refractivity contribution in [2.45, 2.75) is 24.7 Å². The van der Waals surface area contributed by atoms with Crippen molar-refractivity contribution < 1.29 is 13.2 Å². The van der Waals surface area contributed by atoms with E-state index in [-0.39, 0.29) is 24.7 Å². The first-order chi connectivity index (χ1) is 15.3. The molecule has 1 atom stereocenters. The molecule has 1 aromatic heterocycles. The van der Waals surface area contributed by atoms with Crippen molar-refractivity contribution in [1.82, 2.24) is 19.2 Å². The molecule has 3 heterocycles. The molecule has 2 aliphatic rings. The molecule has 1 aromatic carbocycles. The molecule has 10 nitrogen and oxygen atoms in total. The smallest absolute Gasteiger partial charge is 0.325 e. The highest BCUT2D eigenvalue weighted by atomic mass is 32.2. The number of aromatic amines is 2. The molecular formula is C21H27N5O5S. The van der Waals surface area contributed by atoms with Crippen LogP contribution >= 0.6 is 0 Å². The normalized spacial score (nSPS) is 20.3. The summed E-state index contributed by atoms with van der Waals surface area (Å²) in [5, 5.41) is 0. The number of nitrogens with zero attached hydrogens (tertiary/aromatic N) is 3. The van der Waals surface area contributed by atoms with E-state index in [1.807, 2.05) is 35.3 Å². The summed E-state index contributed by atoms with van der Waals surface area (Å²) in [4.78, 5) is 44.6. The molecule has 1 unspecified atom stereocenters. The Morgan fingerprint density at radius 2 is 1.69 bits per heavy atom. The molecule has 0 spiro atoms. The number of aryl methyl sites for hydroxylation is 1. The molecule has 2 aliphatic heterocycles. The van der Waals surface area contributed by atoms with Gasteiger partial charge in [0, 0.05) is 50.6 Å². The molecule has 2 aromatic rings. The maximum Gasteiger partial charge on any atom is 0.325 e. The van der Waals surface area contributed by atoms with Gasteiger partial charge in [-0.2, -0.15) is 4.31 Å². The molecule has 11 heteroatoms. The minimum absolute atomic E-state index is 0.00997. The van der Waals surface area contributed by atoms with Crippen LogP contribution < -0.4 is 16.1 Å². The van der Waals surface area contributed by atoms with E-state index < -0.39 is 32.1 Å². The molecule has 1 amide bonds. The number of anilines is 1. The van der Waals surface area contributed by atoms with E-state index in [9.17, 15) is 22.8 Å². The third-order valence-electron chi connectivity index (χ3n) is 6.12. The van der Waals surface area contributed by atoms with Crippen LogP contribution in [0.5, 0.6) is 0 Å². The monoisotopic (exact) mass is 461 g/mol. The Kier molecular flexibility index (Phi) is 6.20. The highest BCUT2D eigenvalue weighted by Gasteiger charge is 2.37. The Morgan fingerprint density at radius 1 is 1.00 bits per heavy atom. The van der Waals surface area contributed by atoms with Crippen molar-refractivity contribution in [3.63, 3.8) is 0 Å². The standard InChI is InChI=1S/C21H27N5O5S/c1-15-18(19(27)23-21(29)22-15)32(30,31)26-9-5-6-16(14-26)20(28)25-12-10-24(11-13-25)17-7-3-2-4-8-17/h2-4,7-8,16H,5-6,9-14H2,1H3,(H2,22,23,27,29). The fourth-order valence-corrected chi connectivity index (χ4v) is 6.20. The van der Waals surface area contributed by atoms with Gasteiger partial charge in [-0.15, -0.1) is 0 Å². The highest BCUT2D eigenvalue weighted by Crippen LogP contribution is 2.25. The summed E-state index contributed by atoms with van der Waals surface area (Å²) >= 11 is 0. The van der Waals surface area contributed by atoms with Gasteiger partial charge in [0.05, 0.1) is 5.92 Å². The second-order valence-corrected chi connectivity index (χ2v) is 10.1. The van der Waals surface area contributed by atoms with E-state index in [0.29, 0.717) is 25.9 Å². The van der Waals surface area contributed by atoms with Crippen molar-refractivity contribution >= 4 is 21.6 Å². The summed E-state index contributed by atoms with van der Waals surface area (Å²) in [6.07, 6.45) is 1.13. The molecule has 0 radical (unpaired) electrons. The first-order valence-corrected chi connectivity index (χ1v) is 12.1. The summed E-state index contributed by atoms with van der Waals surface area (Å²) in [5.74, 6) is -0.506. The number of aromatic nitrogens is 2. The Labute approximate surface area is 185 Å². The largest absolute Gasteiger partial charge is 0.368 e. The molecule has 2 saturated heterocycles. The molecule has 0 saturated carbocycles. The number of rotatable bonds is 4. The molecule has 4 rings (SSSR count). The number of piperidine rings is 1. The molecule has 0 bridgehead atoms. The number of hydrogen-bond acceptors (Lipinski definition) is 6. The first kappa shape index (κ1) is 22.3. The average molecular weight is 462 g/mol. The summed E-state index contributed by atoms with van der Waals surface area (Å²) in [5.41, 5.74) is -0.593. The Bertz CT molecular complexity index is 1200. The fraction of sp³-hybridized carbons (Fsp3) is 0.476. The minimum Gasteiger partial charge on any atom is -0.368 e. The quantitative estimate of drug-likeness (QED) is 0.666. The topological polar surface area (TPSA) is 127 Å². The number of nitrogens with one attached hydrogen (secondary N) is 2. The maximum atomic E-state index is 13.2. The van der Waals surface area contributed by atoms with Gasteiger partial charge in [-0.3, -0.25) is 14.6 Å². The number of sulfonamides is 1. The molecule has 172 valence electrons. The number of amides is 1. The zero-order valence-electron chi connectivity index (χ0n) is 17.9. The lowest BCUT2D eigenvalue weighted by Gasteiger charge is -2.39. The van der Waals surface area contributed by atoms with Crippen LogP contribution in [-0.4, -0.2) is 72.8 Å². The van der Waals surface area contributed by atoms with Gasteiger partial charge < -0.3 is 14.8 Å². The first-order valence-electron chi connectivity index (χ1n) is 10.7. The van der Waals surface area contributed by atoms with Gasteiger partial charge in [-0.1, -0.05) is 18.2 Å². The number of carbonyl (C=O) groups excluding carboxylic acids is 1. The van der Waals surface area contributed by atoms with Crippen molar-refractivity contribution in [1.29, 1.82) is 0 Å². The van der Waals surface area contributed by atoms with Crippen molar-refractivity contribution in [3.05, 3.63) is 56.9 Å². The van der Waals surface area contributed by atoms with E-state index in [0.717, 1.165) is 18.8 Å². The predicted octanol–water partition coefficient (Wildman–Crippen LogP) is 0.121. The highest BCUT2D eigenvalue weighted by molar-refractivity contribution is 7.89. The fourth-order valence-electron chi connectivity index (χ4n) is 4.47. The van der Waals surface area contributed by atoms with Crippen LogP contribution in [0.2, 0.25) is 0 Å². The van der Waals surface area contributed by atoms with Gasteiger partial charge in [-0.25, -0.2) is 13.2 Å². The number of piperazine rings is 1. The van der Waals surface area contributed by atoms with Gasteiger partial charge in [0.25, 0.3) is 5.56 Å². The van der Waals surface area contributed by atoms with Crippen molar-refractivity contribution in [2.75, 3.05) is 44.2 Å². The Balaban J connectivity index is 1.45. The van der Waals surface area contributed by atoms with Crippen molar-refractivity contribution in [3.8, 4) is 0 Å². The molecule has 32 heavy (non-hydrogen) atoms. The summed E-state index contributed by atoms with van der Waals surface area (Å²) < 4.78 is 27.5. The van der Waals surface area contributed by atoms with Crippen LogP contribution in [-0.2, 0) is 14.8 Å². The molecule has 2 N–H and O–H groups in total. The van der Waals surface area contributed by atoms with Crippen LogP contribution in [0.15, 0.2) is 44.8 Å². The molecule has 2 fully saturated rings. The average Bonchev–Trinajstić information content (AvgIpc) is 2.78. The lowest BCUT2D eigenvalue weighted by molar-refractivity contribution is -0.137. The van der Waals surface area contributed by atoms with Gasteiger partial charge in [0.2, 0.25) is 15.9 Å². The summed E-state index contributed by atoms with van der Waals surface area (Å²) in [6, 6.07) is 10.0. The second kappa shape index (κ2) is 8.91. The van der Waals surface area contributed by atoms with E-state index in [2.05, 4.69) is 9.88 Å². The Hall–Kier alpha value is -2.92. The predicted molar refractivity (Wildman–Crippen MR) is 119 cm³/mol. The SMILES string of the molecule is Cc1[nH]c(=O)[nH]c(=O)c1S(=O)(=O)N1CCCC(C(=O)N2CCN(c3ccccc3)CC2)C1. The zero-order valence-corrected chi connectivity index (χ0v) is 18.7. The molecule has 0 aliphatic carbocycles. The number of H-pyrrole nitrogens is 2. The van der Waals surface area contributed by atoms with Gasteiger partial charge in [0.1, 0.15) is 0 Å². The van der Waals surface area contributed by atoms with Crippen molar-refractivity contribution in [2.24, 2.45) is 5.92 Å². The number of carbonyl (C=O) groups is 1. The van der Waals surface area contributed by atoms with E-state index in [1.54, 1.807) is 4.90 Å². The number of para-hydroxylation sites is 1. The van der Waals surface area contributed by atoms with Crippen LogP contribution in [0, 0.1) is 12.8 Å².